The monoisotopic (exact) mass is 189 g/mol. The van der Waals surface area contributed by atoms with E-state index in [1.54, 1.807) is 0 Å². The van der Waals surface area contributed by atoms with Crippen molar-refractivity contribution in [3.8, 4) is 17.9 Å². The van der Waals surface area contributed by atoms with Gasteiger partial charge < -0.3 is 0 Å². The lowest BCUT2D eigenvalue weighted by Crippen LogP contribution is -2.29. The standard InChI is InChI=1S/C13H19N/c1-4-5-6-13(11-14)9-7-12(2,3)8-10-13/h6-10H2,1-3H3. The summed E-state index contributed by atoms with van der Waals surface area (Å²) in [6.45, 7) is 6.43. The van der Waals surface area contributed by atoms with Crippen LogP contribution >= 0.6 is 0 Å². The maximum Gasteiger partial charge on any atom is 0.0699 e. The molecule has 0 aromatic heterocycles. The van der Waals surface area contributed by atoms with Crippen LogP contribution in [0.2, 0.25) is 0 Å². The summed E-state index contributed by atoms with van der Waals surface area (Å²) in [7, 11) is 0. The summed E-state index contributed by atoms with van der Waals surface area (Å²) < 4.78 is 0. The first-order valence-corrected chi connectivity index (χ1v) is 5.34. The molecule has 1 aliphatic rings. The molecule has 0 amide bonds. The van der Waals surface area contributed by atoms with E-state index in [0.29, 0.717) is 5.41 Å². The van der Waals surface area contributed by atoms with Gasteiger partial charge in [0.1, 0.15) is 0 Å². The van der Waals surface area contributed by atoms with Crippen LogP contribution in [0.25, 0.3) is 0 Å². The van der Waals surface area contributed by atoms with Gasteiger partial charge in [0.05, 0.1) is 11.5 Å². The zero-order valence-electron chi connectivity index (χ0n) is 9.48. The number of nitriles is 1. The van der Waals surface area contributed by atoms with Crippen LogP contribution in [-0.4, -0.2) is 0 Å². The molecule has 1 rings (SSSR count). The minimum absolute atomic E-state index is 0.140. The number of hydrogen-bond donors (Lipinski definition) is 0. The second-order valence-corrected chi connectivity index (χ2v) is 5.16. The summed E-state index contributed by atoms with van der Waals surface area (Å²) in [6.07, 6.45) is 5.12. The molecule has 0 aromatic rings. The van der Waals surface area contributed by atoms with Crippen molar-refractivity contribution in [1.29, 1.82) is 5.26 Å². The second kappa shape index (κ2) is 4.05. The molecule has 0 atom stereocenters. The van der Waals surface area contributed by atoms with Gasteiger partial charge in [0.2, 0.25) is 0 Å². The first-order valence-electron chi connectivity index (χ1n) is 5.34. The van der Waals surface area contributed by atoms with Gasteiger partial charge in [-0.25, -0.2) is 0 Å². The molecule has 1 saturated carbocycles. The number of nitrogens with zero attached hydrogens (tertiary/aromatic N) is 1. The van der Waals surface area contributed by atoms with Gasteiger partial charge in [-0.1, -0.05) is 13.8 Å². The molecule has 14 heavy (non-hydrogen) atoms. The third kappa shape index (κ3) is 2.52. The van der Waals surface area contributed by atoms with E-state index >= 15 is 0 Å². The van der Waals surface area contributed by atoms with Crippen molar-refractivity contribution in [3.63, 3.8) is 0 Å². The van der Waals surface area contributed by atoms with E-state index in [9.17, 15) is 5.26 Å². The minimum Gasteiger partial charge on any atom is -0.198 e. The normalized spacial score (nSPS) is 23.0. The molecule has 1 aliphatic carbocycles. The van der Waals surface area contributed by atoms with E-state index in [0.717, 1.165) is 32.1 Å². The Morgan fingerprint density at radius 2 is 1.71 bits per heavy atom. The Labute approximate surface area is 87.5 Å². The smallest absolute Gasteiger partial charge is 0.0699 e. The van der Waals surface area contributed by atoms with E-state index in [4.69, 9.17) is 0 Å². The Kier molecular flexibility index (Phi) is 3.22. The zero-order valence-corrected chi connectivity index (χ0v) is 9.48. The van der Waals surface area contributed by atoms with Gasteiger partial charge in [-0.3, -0.25) is 0 Å². The fourth-order valence-corrected chi connectivity index (χ4v) is 1.99. The van der Waals surface area contributed by atoms with E-state index in [1.807, 2.05) is 6.92 Å². The van der Waals surface area contributed by atoms with Crippen molar-refractivity contribution < 1.29 is 0 Å². The molecule has 0 heterocycles. The van der Waals surface area contributed by atoms with E-state index in [-0.39, 0.29) is 5.41 Å². The predicted octanol–water partition coefficient (Wildman–Crippen LogP) is 3.51. The predicted molar refractivity (Wildman–Crippen MR) is 58.4 cm³/mol. The summed E-state index contributed by atoms with van der Waals surface area (Å²) >= 11 is 0. The Morgan fingerprint density at radius 1 is 1.14 bits per heavy atom. The summed E-state index contributed by atoms with van der Waals surface area (Å²) in [5, 5.41) is 9.22. The Morgan fingerprint density at radius 3 is 2.14 bits per heavy atom. The topological polar surface area (TPSA) is 23.8 Å². The quantitative estimate of drug-likeness (QED) is 0.579. The first kappa shape index (κ1) is 11.1. The summed E-state index contributed by atoms with van der Waals surface area (Å²) in [5.74, 6) is 5.96. The van der Waals surface area contributed by atoms with Crippen LogP contribution in [0.15, 0.2) is 0 Å². The van der Waals surface area contributed by atoms with Gasteiger partial charge in [-0.15, -0.1) is 11.8 Å². The first-order chi connectivity index (χ1) is 6.54. The Hall–Kier alpha value is -0.950. The highest BCUT2D eigenvalue weighted by molar-refractivity contribution is 5.11. The van der Waals surface area contributed by atoms with Crippen molar-refractivity contribution in [2.24, 2.45) is 10.8 Å². The van der Waals surface area contributed by atoms with Crippen LogP contribution in [0.3, 0.4) is 0 Å². The van der Waals surface area contributed by atoms with Crippen LogP contribution in [0.1, 0.15) is 52.9 Å². The van der Waals surface area contributed by atoms with Gasteiger partial charge in [0.15, 0.2) is 0 Å². The Balaban J connectivity index is 2.66. The third-order valence-corrected chi connectivity index (χ3v) is 3.40. The van der Waals surface area contributed by atoms with E-state index < -0.39 is 0 Å². The maximum atomic E-state index is 9.22. The molecule has 1 nitrogen and oxygen atoms in total. The van der Waals surface area contributed by atoms with Gasteiger partial charge in [-0.05, 0) is 38.0 Å². The van der Waals surface area contributed by atoms with Crippen LogP contribution in [0.5, 0.6) is 0 Å². The molecule has 0 aliphatic heterocycles. The molecule has 1 fully saturated rings. The largest absolute Gasteiger partial charge is 0.198 e. The maximum absolute atomic E-state index is 9.22. The highest BCUT2D eigenvalue weighted by atomic mass is 14.4. The van der Waals surface area contributed by atoms with Crippen molar-refractivity contribution in [1.82, 2.24) is 0 Å². The van der Waals surface area contributed by atoms with Crippen LogP contribution in [0.4, 0.5) is 0 Å². The molecule has 0 radical (unpaired) electrons. The van der Waals surface area contributed by atoms with Crippen LogP contribution < -0.4 is 0 Å². The van der Waals surface area contributed by atoms with Crippen molar-refractivity contribution >= 4 is 0 Å². The van der Waals surface area contributed by atoms with Gasteiger partial charge in [0.25, 0.3) is 0 Å². The minimum atomic E-state index is -0.140. The highest BCUT2D eigenvalue weighted by Gasteiger charge is 2.37. The molecule has 1 heteroatoms. The average molecular weight is 189 g/mol. The molecule has 0 unspecified atom stereocenters. The average Bonchev–Trinajstić information content (AvgIpc) is 2.18. The van der Waals surface area contributed by atoms with Crippen molar-refractivity contribution in [3.05, 3.63) is 0 Å². The molecule has 0 spiro atoms. The van der Waals surface area contributed by atoms with E-state index in [1.165, 1.54) is 0 Å². The number of rotatable bonds is 1. The summed E-state index contributed by atoms with van der Waals surface area (Å²) in [5.41, 5.74) is 0.290. The molecule has 76 valence electrons. The van der Waals surface area contributed by atoms with Crippen molar-refractivity contribution in [2.75, 3.05) is 0 Å². The molecular formula is C13H19N. The van der Waals surface area contributed by atoms with Crippen LogP contribution in [-0.2, 0) is 0 Å². The fraction of sp³-hybridized carbons (Fsp3) is 0.769. The van der Waals surface area contributed by atoms with Gasteiger partial charge in [0, 0.05) is 6.42 Å². The molecule has 0 N–H and O–H groups in total. The Bertz CT molecular complexity index is 285. The lowest BCUT2D eigenvalue weighted by molar-refractivity contribution is 0.149. The zero-order chi connectivity index (χ0) is 10.7. The fourth-order valence-electron chi connectivity index (χ4n) is 1.99. The molecule has 0 aromatic carbocycles. The second-order valence-electron chi connectivity index (χ2n) is 5.16. The van der Waals surface area contributed by atoms with Crippen LogP contribution in [0, 0.1) is 34.0 Å². The lowest BCUT2D eigenvalue weighted by atomic mass is 9.64. The molecular weight excluding hydrogens is 170 g/mol. The number of hydrogen-bond acceptors (Lipinski definition) is 1. The summed E-state index contributed by atoms with van der Waals surface area (Å²) in [6, 6.07) is 2.49. The van der Waals surface area contributed by atoms with E-state index in [2.05, 4.69) is 31.8 Å². The molecule has 0 bridgehead atoms. The lowest BCUT2D eigenvalue weighted by Gasteiger charge is -2.38. The summed E-state index contributed by atoms with van der Waals surface area (Å²) in [4.78, 5) is 0. The third-order valence-electron chi connectivity index (χ3n) is 3.40. The van der Waals surface area contributed by atoms with Crippen molar-refractivity contribution in [2.45, 2.75) is 52.9 Å². The SMILES string of the molecule is CC#CCC1(C#N)CCC(C)(C)CC1. The van der Waals surface area contributed by atoms with Gasteiger partial charge >= 0.3 is 0 Å². The highest BCUT2D eigenvalue weighted by Crippen LogP contribution is 2.46. The van der Waals surface area contributed by atoms with Gasteiger partial charge in [-0.2, -0.15) is 5.26 Å². The molecule has 0 saturated heterocycles.